The number of amides is 2. The maximum atomic E-state index is 13.7. The molecular formula is C25H23Cl2N3O2S. The summed E-state index contributed by atoms with van der Waals surface area (Å²) in [5, 5.41) is 4.58. The fraction of sp³-hybridized carbons (Fsp3) is 0.320. The molecule has 1 aliphatic heterocycles. The number of fused-ring (bicyclic) bond motifs is 1. The third-order valence-corrected chi connectivity index (χ3v) is 8.10. The second-order valence-electron chi connectivity index (χ2n) is 8.78. The average Bonchev–Trinajstić information content (AvgIpc) is 3.27. The molecule has 0 spiro atoms. The quantitative estimate of drug-likeness (QED) is 0.484. The maximum Gasteiger partial charge on any atom is 0.274 e. The smallest absolute Gasteiger partial charge is 0.274 e. The van der Waals surface area contributed by atoms with Gasteiger partial charge in [0.2, 0.25) is 0 Å². The van der Waals surface area contributed by atoms with Crippen LogP contribution in [0.2, 0.25) is 10.0 Å². The molecule has 3 aromatic rings. The Morgan fingerprint density at radius 1 is 1.12 bits per heavy atom. The van der Waals surface area contributed by atoms with Crippen LogP contribution in [0, 0.1) is 19.8 Å². The zero-order chi connectivity index (χ0) is 23.3. The van der Waals surface area contributed by atoms with Crippen molar-refractivity contribution in [3.63, 3.8) is 0 Å². The van der Waals surface area contributed by atoms with Gasteiger partial charge in [-0.25, -0.2) is 4.98 Å². The molecule has 8 heteroatoms. The average molecular weight is 500 g/mol. The molecule has 33 heavy (non-hydrogen) atoms. The predicted molar refractivity (Wildman–Crippen MR) is 132 cm³/mol. The molecule has 1 saturated heterocycles. The van der Waals surface area contributed by atoms with Gasteiger partial charge >= 0.3 is 0 Å². The highest BCUT2D eigenvalue weighted by Gasteiger charge is 2.54. The number of carbonyl (C=O) groups excluding carboxylic acids is 2. The minimum Gasteiger partial charge on any atom is -0.350 e. The van der Waals surface area contributed by atoms with Gasteiger partial charge in [-0.05, 0) is 56.4 Å². The Morgan fingerprint density at radius 2 is 1.94 bits per heavy atom. The molecule has 2 aromatic carbocycles. The number of carbonyl (C=O) groups is 2. The lowest BCUT2D eigenvalue weighted by Gasteiger charge is -2.27. The number of hydrogen-bond acceptors (Lipinski definition) is 4. The van der Waals surface area contributed by atoms with Crippen molar-refractivity contribution in [3.05, 3.63) is 74.3 Å². The first kappa shape index (κ1) is 22.4. The lowest BCUT2D eigenvalue weighted by molar-refractivity contribution is 0.0684. The highest BCUT2D eigenvalue weighted by Crippen LogP contribution is 2.48. The van der Waals surface area contributed by atoms with Crippen LogP contribution in [0.1, 0.15) is 44.3 Å². The maximum absolute atomic E-state index is 13.7. The van der Waals surface area contributed by atoms with Gasteiger partial charge in [0.1, 0.15) is 5.69 Å². The standard InChI is InChI=1S/C25H23Cl2N3O2S/c1-13-4-3-5-15(8-13)23-22(29-14(2)33-23)25(32)30-18(9-17-11-21(17)30)12-28-24(31)16-6-7-19(26)20(27)10-16/h3-8,10,17-18,21H,9,11-12H2,1-2H3,(H,28,31)/t17-,18+,21?/m1/s1. The van der Waals surface area contributed by atoms with Gasteiger partial charge < -0.3 is 10.2 Å². The van der Waals surface area contributed by atoms with Crippen molar-refractivity contribution < 1.29 is 9.59 Å². The van der Waals surface area contributed by atoms with Crippen molar-refractivity contribution in [2.24, 2.45) is 5.92 Å². The number of rotatable bonds is 5. The first-order valence-corrected chi connectivity index (χ1v) is 12.5. The first-order valence-electron chi connectivity index (χ1n) is 10.9. The molecule has 170 valence electrons. The zero-order valence-electron chi connectivity index (χ0n) is 18.3. The summed E-state index contributed by atoms with van der Waals surface area (Å²) in [6, 6.07) is 13.1. The van der Waals surface area contributed by atoms with Gasteiger partial charge in [0.25, 0.3) is 11.8 Å². The minimum absolute atomic E-state index is 0.0466. The van der Waals surface area contributed by atoms with E-state index in [1.165, 1.54) is 0 Å². The van der Waals surface area contributed by atoms with E-state index in [0.29, 0.717) is 33.8 Å². The van der Waals surface area contributed by atoms with Gasteiger partial charge in [0, 0.05) is 18.2 Å². The number of halogens is 2. The monoisotopic (exact) mass is 499 g/mol. The molecule has 3 atom stereocenters. The molecule has 2 fully saturated rings. The van der Waals surface area contributed by atoms with Crippen LogP contribution in [0.25, 0.3) is 10.4 Å². The van der Waals surface area contributed by atoms with Crippen molar-refractivity contribution >= 4 is 46.4 Å². The number of aryl methyl sites for hydroxylation is 2. The normalized spacial score (nSPS) is 21.1. The van der Waals surface area contributed by atoms with Crippen LogP contribution in [0.4, 0.5) is 0 Å². The molecule has 0 bridgehead atoms. The number of hydrogen-bond donors (Lipinski definition) is 1. The number of nitrogens with zero attached hydrogens (tertiary/aromatic N) is 2. The Hall–Kier alpha value is -2.41. The van der Waals surface area contributed by atoms with E-state index in [4.69, 9.17) is 23.2 Å². The third-order valence-electron chi connectivity index (χ3n) is 6.34. The summed E-state index contributed by atoms with van der Waals surface area (Å²) in [7, 11) is 0. The van der Waals surface area contributed by atoms with Gasteiger partial charge in [-0.3, -0.25) is 9.59 Å². The second-order valence-corrected chi connectivity index (χ2v) is 10.8. The van der Waals surface area contributed by atoms with Crippen LogP contribution in [0.15, 0.2) is 42.5 Å². The molecule has 5 rings (SSSR count). The molecule has 1 aliphatic carbocycles. The van der Waals surface area contributed by atoms with E-state index in [2.05, 4.69) is 16.4 Å². The van der Waals surface area contributed by atoms with E-state index < -0.39 is 0 Å². The van der Waals surface area contributed by atoms with Crippen molar-refractivity contribution in [2.75, 3.05) is 6.54 Å². The highest BCUT2D eigenvalue weighted by atomic mass is 35.5. The topological polar surface area (TPSA) is 62.3 Å². The molecule has 1 aromatic heterocycles. The van der Waals surface area contributed by atoms with Crippen LogP contribution >= 0.6 is 34.5 Å². The molecule has 1 N–H and O–H groups in total. The molecule has 1 unspecified atom stereocenters. The molecule has 2 heterocycles. The lowest BCUT2D eigenvalue weighted by Crippen LogP contribution is -2.45. The molecule has 2 aliphatic rings. The Kier molecular flexibility index (Phi) is 5.93. The van der Waals surface area contributed by atoms with Gasteiger partial charge in [0.05, 0.1) is 26.0 Å². The fourth-order valence-electron chi connectivity index (χ4n) is 4.68. The van der Waals surface area contributed by atoms with E-state index in [-0.39, 0.29) is 23.9 Å². The summed E-state index contributed by atoms with van der Waals surface area (Å²) >= 11 is 13.5. The van der Waals surface area contributed by atoms with Crippen LogP contribution < -0.4 is 5.32 Å². The summed E-state index contributed by atoms with van der Waals surface area (Å²) in [5.74, 6) is 0.226. The van der Waals surface area contributed by atoms with E-state index >= 15 is 0 Å². The number of likely N-dealkylation sites (tertiary alicyclic amines) is 1. The van der Waals surface area contributed by atoms with Gasteiger partial charge in [0.15, 0.2) is 0 Å². The number of piperidine rings is 1. The fourth-order valence-corrected chi connectivity index (χ4v) is 5.89. The van der Waals surface area contributed by atoms with E-state index in [0.717, 1.165) is 33.9 Å². The van der Waals surface area contributed by atoms with Crippen molar-refractivity contribution in [2.45, 2.75) is 38.8 Å². The summed E-state index contributed by atoms with van der Waals surface area (Å²) in [6.07, 6.45) is 1.91. The number of thiazole rings is 1. The summed E-state index contributed by atoms with van der Waals surface area (Å²) in [4.78, 5) is 33.8. The van der Waals surface area contributed by atoms with Crippen LogP contribution in [0.5, 0.6) is 0 Å². The number of aromatic nitrogens is 1. The van der Waals surface area contributed by atoms with Gasteiger partial charge in [-0.15, -0.1) is 11.3 Å². The Morgan fingerprint density at radius 3 is 2.70 bits per heavy atom. The first-order chi connectivity index (χ1) is 15.8. The second kappa shape index (κ2) is 8.75. The van der Waals surface area contributed by atoms with Gasteiger partial charge in [-0.1, -0.05) is 53.0 Å². The van der Waals surface area contributed by atoms with E-state index in [1.54, 1.807) is 29.5 Å². The minimum atomic E-state index is -0.230. The SMILES string of the molecule is Cc1cccc(-c2sc(C)nc2C(=O)N2C3C[C@H]3C[C@H]2CNC(=O)c2ccc(Cl)c(Cl)c2)c1. The number of benzene rings is 2. The largest absolute Gasteiger partial charge is 0.350 e. The predicted octanol–water partition coefficient (Wildman–Crippen LogP) is 5.77. The van der Waals surface area contributed by atoms with E-state index in [1.807, 2.05) is 36.9 Å². The molecule has 0 radical (unpaired) electrons. The number of nitrogens with one attached hydrogen (secondary N) is 1. The molecule has 2 amide bonds. The summed E-state index contributed by atoms with van der Waals surface area (Å²) in [5.41, 5.74) is 3.11. The van der Waals surface area contributed by atoms with Crippen LogP contribution in [0.3, 0.4) is 0 Å². The van der Waals surface area contributed by atoms with Crippen molar-refractivity contribution in [1.29, 1.82) is 0 Å². The summed E-state index contributed by atoms with van der Waals surface area (Å²) < 4.78 is 0. The Bertz CT molecular complexity index is 1260. The zero-order valence-corrected chi connectivity index (χ0v) is 20.6. The van der Waals surface area contributed by atoms with Crippen molar-refractivity contribution in [3.8, 4) is 10.4 Å². The van der Waals surface area contributed by atoms with Crippen molar-refractivity contribution in [1.82, 2.24) is 15.2 Å². The Balaban J connectivity index is 1.35. The highest BCUT2D eigenvalue weighted by molar-refractivity contribution is 7.15. The summed E-state index contributed by atoms with van der Waals surface area (Å²) in [6.45, 7) is 4.36. The molecule has 5 nitrogen and oxygen atoms in total. The van der Waals surface area contributed by atoms with Crippen LogP contribution in [-0.2, 0) is 0 Å². The lowest BCUT2D eigenvalue weighted by atomic mass is 10.1. The third kappa shape index (κ3) is 4.39. The molecular weight excluding hydrogens is 477 g/mol. The van der Waals surface area contributed by atoms with E-state index in [9.17, 15) is 9.59 Å². The Labute approximate surface area is 206 Å². The van der Waals surface area contributed by atoms with Gasteiger partial charge in [-0.2, -0.15) is 0 Å². The van der Waals surface area contributed by atoms with Crippen LogP contribution in [-0.4, -0.2) is 40.3 Å². The molecule has 1 saturated carbocycles.